The maximum absolute atomic E-state index is 5.19. The van der Waals surface area contributed by atoms with E-state index >= 15 is 0 Å². The Bertz CT molecular complexity index is 787. The van der Waals surface area contributed by atoms with Crippen molar-refractivity contribution in [3.8, 4) is 17.1 Å². The third-order valence-corrected chi connectivity index (χ3v) is 4.53. The van der Waals surface area contributed by atoms with Crippen LogP contribution in [0.5, 0.6) is 5.75 Å². The molecular weight excluding hydrogens is 298 g/mol. The maximum Gasteiger partial charge on any atom is 0.212 e. The molecule has 0 spiro atoms. The first-order valence-corrected chi connectivity index (χ1v) is 7.66. The summed E-state index contributed by atoms with van der Waals surface area (Å²) in [5.74, 6) is 1.62. The minimum atomic E-state index is 0.104. The van der Waals surface area contributed by atoms with Crippen molar-refractivity contribution in [2.45, 2.75) is 10.5 Å². The standard InChI is InChI=1S/C15H13N5OS/c1-21-12-6-4-10(5-7-12)14-19-20-13(17-18-15(20)22-14)11-3-2-8-16-9-11/h2-9,14,19H,1H3. The van der Waals surface area contributed by atoms with Crippen LogP contribution in [0.4, 0.5) is 0 Å². The van der Waals surface area contributed by atoms with Crippen molar-refractivity contribution in [1.82, 2.24) is 19.9 Å². The highest BCUT2D eigenvalue weighted by atomic mass is 32.2. The van der Waals surface area contributed by atoms with Crippen molar-refractivity contribution < 1.29 is 4.74 Å². The smallest absolute Gasteiger partial charge is 0.212 e. The van der Waals surface area contributed by atoms with Crippen molar-refractivity contribution >= 4 is 11.8 Å². The number of thioether (sulfide) groups is 1. The van der Waals surface area contributed by atoms with Gasteiger partial charge in [0.15, 0.2) is 5.82 Å². The van der Waals surface area contributed by atoms with Crippen molar-refractivity contribution in [3.63, 3.8) is 0 Å². The Morgan fingerprint density at radius 3 is 2.77 bits per heavy atom. The Kier molecular flexibility index (Phi) is 3.19. The van der Waals surface area contributed by atoms with Gasteiger partial charge in [0.25, 0.3) is 0 Å². The predicted octanol–water partition coefficient (Wildman–Crippen LogP) is 2.70. The normalized spacial score (nSPS) is 16.1. The molecule has 1 aromatic carbocycles. The van der Waals surface area contributed by atoms with Gasteiger partial charge in [-0.3, -0.25) is 4.98 Å². The lowest BCUT2D eigenvalue weighted by atomic mass is 10.2. The van der Waals surface area contributed by atoms with Crippen LogP contribution in [-0.4, -0.2) is 27.0 Å². The number of rotatable bonds is 3. The summed E-state index contributed by atoms with van der Waals surface area (Å²) in [5, 5.41) is 9.43. The molecule has 110 valence electrons. The van der Waals surface area contributed by atoms with Crippen molar-refractivity contribution in [1.29, 1.82) is 0 Å². The number of aromatic nitrogens is 4. The zero-order valence-electron chi connectivity index (χ0n) is 11.8. The summed E-state index contributed by atoms with van der Waals surface area (Å²) in [7, 11) is 1.67. The van der Waals surface area contributed by atoms with Gasteiger partial charge in [0.2, 0.25) is 5.16 Å². The fourth-order valence-corrected chi connectivity index (χ4v) is 3.31. The summed E-state index contributed by atoms with van der Waals surface area (Å²) in [4.78, 5) is 4.13. The van der Waals surface area contributed by atoms with Gasteiger partial charge in [0.05, 0.1) is 7.11 Å². The summed E-state index contributed by atoms with van der Waals surface area (Å²) >= 11 is 1.64. The Hall–Kier alpha value is -2.54. The van der Waals surface area contributed by atoms with E-state index in [2.05, 4.69) is 20.6 Å². The highest BCUT2D eigenvalue weighted by Gasteiger charge is 2.28. The van der Waals surface area contributed by atoms with Gasteiger partial charge in [-0.05, 0) is 29.8 Å². The van der Waals surface area contributed by atoms with Crippen LogP contribution >= 0.6 is 11.8 Å². The van der Waals surface area contributed by atoms with E-state index in [1.54, 1.807) is 31.3 Å². The molecular formula is C15H13N5OS. The molecule has 0 bridgehead atoms. The van der Waals surface area contributed by atoms with Crippen molar-refractivity contribution in [2.75, 3.05) is 12.5 Å². The molecule has 7 heteroatoms. The molecule has 0 fully saturated rings. The second-order valence-electron chi connectivity index (χ2n) is 4.78. The third-order valence-electron chi connectivity index (χ3n) is 3.44. The van der Waals surface area contributed by atoms with E-state index in [9.17, 15) is 0 Å². The number of pyridine rings is 1. The van der Waals surface area contributed by atoms with E-state index in [4.69, 9.17) is 4.74 Å². The van der Waals surface area contributed by atoms with Gasteiger partial charge in [-0.1, -0.05) is 23.9 Å². The molecule has 0 saturated carbocycles. The Morgan fingerprint density at radius 2 is 2.05 bits per heavy atom. The minimum absolute atomic E-state index is 0.104. The summed E-state index contributed by atoms with van der Waals surface area (Å²) in [6.07, 6.45) is 3.53. The maximum atomic E-state index is 5.19. The SMILES string of the molecule is COc1ccc(C2Nn3c(nnc3-c3cccnc3)S2)cc1. The number of methoxy groups -OCH3 is 1. The first-order chi connectivity index (χ1) is 10.8. The van der Waals surface area contributed by atoms with E-state index in [1.165, 1.54) is 0 Å². The van der Waals surface area contributed by atoms with Crippen LogP contribution in [0.3, 0.4) is 0 Å². The average Bonchev–Trinajstić information content (AvgIpc) is 3.16. The quantitative estimate of drug-likeness (QED) is 0.802. The first-order valence-electron chi connectivity index (χ1n) is 6.78. The van der Waals surface area contributed by atoms with Crippen LogP contribution < -0.4 is 10.2 Å². The number of fused-ring (bicyclic) bond motifs is 1. The van der Waals surface area contributed by atoms with Gasteiger partial charge in [-0.15, -0.1) is 10.2 Å². The van der Waals surface area contributed by atoms with E-state index in [1.807, 2.05) is 41.1 Å². The molecule has 1 aliphatic rings. The van der Waals surface area contributed by atoms with Crippen molar-refractivity contribution in [2.24, 2.45) is 0 Å². The predicted molar refractivity (Wildman–Crippen MR) is 84.2 cm³/mol. The minimum Gasteiger partial charge on any atom is -0.497 e. The number of nitrogens with one attached hydrogen (secondary N) is 1. The zero-order chi connectivity index (χ0) is 14.9. The molecule has 0 amide bonds. The summed E-state index contributed by atoms with van der Waals surface area (Å²) in [5.41, 5.74) is 5.52. The molecule has 1 unspecified atom stereocenters. The van der Waals surface area contributed by atoms with Crippen LogP contribution in [0.25, 0.3) is 11.4 Å². The molecule has 4 rings (SSSR count). The fraction of sp³-hybridized carbons (Fsp3) is 0.133. The third kappa shape index (κ3) is 2.19. The molecule has 6 nitrogen and oxygen atoms in total. The second-order valence-corrected chi connectivity index (χ2v) is 5.86. The molecule has 0 radical (unpaired) electrons. The van der Waals surface area contributed by atoms with Crippen LogP contribution in [0.15, 0.2) is 53.9 Å². The topological polar surface area (TPSA) is 64.9 Å². The molecule has 1 aliphatic heterocycles. The molecule has 0 aliphatic carbocycles. The first kappa shape index (κ1) is 13.1. The van der Waals surface area contributed by atoms with Crippen LogP contribution in [0.2, 0.25) is 0 Å². The highest BCUT2D eigenvalue weighted by molar-refractivity contribution is 7.99. The van der Waals surface area contributed by atoms with Crippen LogP contribution in [0, 0.1) is 0 Å². The lowest BCUT2D eigenvalue weighted by molar-refractivity contribution is 0.414. The molecule has 0 saturated heterocycles. The Balaban J connectivity index is 1.62. The van der Waals surface area contributed by atoms with Gasteiger partial charge in [-0.25, -0.2) is 4.68 Å². The van der Waals surface area contributed by atoms with Crippen LogP contribution in [0.1, 0.15) is 10.9 Å². The van der Waals surface area contributed by atoms with E-state index in [0.29, 0.717) is 0 Å². The largest absolute Gasteiger partial charge is 0.497 e. The summed E-state index contributed by atoms with van der Waals surface area (Å²) in [6.45, 7) is 0. The Morgan fingerprint density at radius 1 is 1.18 bits per heavy atom. The summed E-state index contributed by atoms with van der Waals surface area (Å²) < 4.78 is 7.11. The molecule has 2 aromatic heterocycles. The van der Waals surface area contributed by atoms with E-state index in [0.717, 1.165) is 27.9 Å². The van der Waals surface area contributed by atoms with Gasteiger partial charge < -0.3 is 10.2 Å². The molecule has 3 aromatic rings. The van der Waals surface area contributed by atoms with Gasteiger partial charge in [0.1, 0.15) is 11.1 Å². The average molecular weight is 311 g/mol. The number of hydrogen-bond donors (Lipinski definition) is 1. The second kappa shape index (κ2) is 5.34. The Labute approximate surface area is 131 Å². The van der Waals surface area contributed by atoms with Gasteiger partial charge >= 0.3 is 0 Å². The molecule has 22 heavy (non-hydrogen) atoms. The number of hydrogen-bond acceptors (Lipinski definition) is 6. The lowest BCUT2D eigenvalue weighted by Gasteiger charge is -2.12. The van der Waals surface area contributed by atoms with Gasteiger partial charge in [-0.2, -0.15) is 0 Å². The van der Waals surface area contributed by atoms with Gasteiger partial charge in [0, 0.05) is 18.0 Å². The zero-order valence-corrected chi connectivity index (χ0v) is 12.6. The highest BCUT2D eigenvalue weighted by Crippen LogP contribution is 2.40. The number of nitrogens with zero attached hydrogens (tertiary/aromatic N) is 4. The molecule has 1 atom stereocenters. The van der Waals surface area contributed by atoms with Crippen molar-refractivity contribution in [3.05, 3.63) is 54.4 Å². The monoisotopic (exact) mass is 311 g/mol. The van der Waals surface area contributed by atoms with E-state index in [-0.39, 0.29) is 5.37 Å². The van der Waals surface area contributed by atoms with E-state index < -0.39 is 0 Å². The van der Waals surface area contributed by atoms with Crippen LogP contribution in [-0.2, 0) is 0 Å². The number of benzene rings is 1. The molecule has 3 heterocycles. The lowest BCUT2D eigenvalue weighted by Crippen LogP contribution is -2.13. The number of ether oxygens (including phenoxy) is 1. The molecule has 1 N–H and O–H groups in total. The fourth-order valence-electron chi connectivity index (χ4n) is 2.31. The summed E-state index contributed by atoms with van der Waals surface area (Å²) in [6, 6.07) is 11.9.